The fraction of sp³-hybridized carbons (Fsp3) is 0.0833. The lowest BCUT2D eigenvalue weighted by Crippen LogP contribution is -1.89. The summed E-state index contributed by atoms with van der Waals surface area (Å²) in [5, 5.41) is 9.47. The number of anilines is 1. The summed E-state index contributed by atoms with van der Waals surface area (Å²) < 4.78 is 0. The van der Waals surface area contributed by atoms with Crippen molar-refractivity contribution in [2.45, 2.75) is 10.6 Å². The molecule has 0 unspecified atom stereocenters. The van der Waals surface area contributed by atoms with Gasteiger partial charge in [-0.2, -0.15) is 0 Å². The first-order valence-electron chi connectivity index (χ1n) is 5.06. The van der Waals surface area contributed by atoms with Crippen LogP contribution in [0.4, 0.5) is 5.69 Å². The van der Waals surface area contributed by atoms with E-state index in [4.69, 9.17) is 22.4 Å². The summed E-state index contributed by atoms with van der Waals surface area (Å²) in [4.78, 5) is 13.0. The minimum atomic E-state index is -0.890. The van der Waals surface area contributed by atoms with Gasteiger partial charge in [0.15, 0.2) is 0 Å². The largest absolute Gasteiger partial charge is 0.477 e. The maximum absolute atomic E-state index is 10.8. The Labute approximate surface area is 118 Å². The second kappa shape index (κ2) is 5.65. The van der Waals surface area contributed by atoms with E-state index in [2.05, 4.69) is 0 Å². The van der Waals surface area contributed by atoms with Crippen molar-refractivity contribution >= 4 is 46.4 Å². The zero-order valence-electron chi connectivity index (χ0n) is 9.22. The molecule has 6 heteroatoms. The first kappa shape index (κ1) is 13.3. The van der Waals surface area contributed by atoms with Crippen LogP contribution in [0.1, 0.15) is 14.5 Å². The third-order valence-electron chi connectivity index (χ3n) is 2.22. The van der Waals surface area contributed by atoms with Gasteiger partial charge in [-0.3, -0.25) is 0 Å². The van der Waals surface area contributed by atoms with E-state index in [0.717, 1.165) is 9.77 Å². The van der Waals surface area contributed by atoms with Crippen molar-refractivity contribution in [3.63, 3.8) is 0 Å². The zero-order chi connectivity index (χ0) is 13.1. The fourth-order valence-corrected chi connectivity index (χ4v) is 3.48. The number of nitrogen functional groups attached to an aromatic ring is 1. The van der Waals surface area contributed by atoms with Gasteiger partial charge in [0.2, 0.25) is 0 Å². The molecule has 94 valence electrons. The van der Waals surface area contributed by atoms with Crippen LogP contribution in [0.25, 0.3) is 0 Å². The molecule has 0 saturated carbocycles. The molecule has 0 aliphatic heterocycles. The van der Waals surface area contributed by atoms with Crippen LogP contribution in [0.15, 0.2) is 35.2 Å². The normalized spacial score (nSPS) is 10.5. The SMILES string of the molecule is Nc1ccc(Cl)cc1SCc1ccc(C(=O)O)s1. The van der Waals surface area contributed by atoms with Crippen LogP contribution in [0.5, 0.6) is 0 Å². The average molecular weight is 300 g/mol. The second-order valence-corrected chi connectivity index (χ2v) is 6.16. The maximum atomic E-state index is 10.8. The monoisotopic (exact) mass is 299 g/mol. The Hall–Kier alpha value is -1.17. The Morgan fingerprint density at radius 1 is 1.39 bits per heavy atom. The lowest BCUT2D eigenvalue weighted by Gasteiger charge is -2.04. The number of thioether (sulfide) groups is 1. The molecule has 0 saturated heterocycles. The lowest BCUT2D eigenvalue weighted by atomic mass is 10.3. The van der Waals surface area contributed by atoms with E-state index in [-0.39, 0.29) is 0 Å². The van der Waals surface area contributed by atoms with Gasteiger partial charge in [0.25, 0.3) is 0 Å². The third-order valence-corrected chi connectivity index (χ3v) is 4.83. The highest BCUT2D eigenvalue weighted by molar-refractivity contribution is 7.98. The Morgan fingerprint density at radius 3 is 2.83 bits per heavy atom. The predicted octanol–water partition coefficient (Wildman–Crippen LogP) is 3.97. The first-order chi connectivity index (χ1) is 8.56. The summed E-state index contributed by atoms with van der Waals surface area (Å²) in [6, 6.07) is 8.76. The molecule has 0 bridgehead atoms. The number of nitrogens with two attached hydrogens (primary N) is 1. The maximum Gasteiger partial charge on any atom is 0.345 e. The summed E-state index contributed by atoms with van der Waals surface area (Å²) in [5.74, 6) is -0.207. The van der Waals surface area contributed by atoms with Crippen LogP contribution >= 0.6 is 34.7 Å². The topological polar surface area (TPSA) is 63.3 Å². The standard InChI is InChI=1S/C12H10ClNO2S2/c13-7-1-3-9(14)11(5-7)17-6-8-2-4-10(18-8)12(15)16/h1-5H,6,14H2,(H,15,16). The van der Waals surface area contributed by atoms with Gasteiger partial charge >= 0.3 is 5.97 Å². The number of halogens is 1. The van der Waals surface area contributed by atoms with Crippen LogP contribution < -0.4 is 5.73 Å². The van der Waals surface area contributed by atoms with Crippen LogP contribution in [-0.4, -0.2) is 11.1 Å². The first-order valence-corrected chi connectivity index (χ1v) is 7.24. The summed E-state index contributed by atoms with van der Waals surface area (Å²) >= 11 is 8.72. The number of thiophene rings is 1. The molecule has 0 amide bonds. The van der Waals surface area contributed by atoms with E-state index in [1.807, 2.05) is 12.1 Å². The molecular formula is C12H10ClNO2S2. The van der Waals surface area contributed by atoms with Crippen molar-refractivity contribution in [3.8, 4) is 0 Å². The number of carboxylic acid groups (broad SMARTS) is 1. The third kappa shape index (κ3) is 3.19. The number of carbonyl (C=O) groups is 1. The van der Waals surface area contributed by atoms with Crippen LogP contribution in [0, 0.1) is 0 Å². The number of rotatable bonds is 4. The summed E-state index contributed by atoms with van der Waals surface area (Å²) in [6.07, 6.45) is 0. The van der Waals surface area contributed by atoms with Crippen molar-refractivity contribution in [1.82, 2.24) is 0 Å². The molecule has 0 spiro atoms. The van der Waals surface area contributed by atoms with Crippen LogP contribution in [0.2, 0.25) is 5.02 Å². The molecule has 1 aromatic heterocycles. The lowest BCUT2D eigenvalue weighted by molar-refractivity contribution is 0.0702. The second-order valence-electron chi connectivity index (χ2n) is 3.54. The Bertz CT molecular complexity index is 583. The number of carboxylic acids is 1. The van der Waals surface area contributed by atoms with Crippen molar-refractivity contribution in [1.29, 1.82) is 0 Å². The van der Waals surface area contributed by atoms with Gasteiger partial charge < -0.3 is 10.8 Å². The van der Waals surface area contributed by atoms with Crippen molar-refractivity contribution in [3.05, 3.63) is 45.1 Å². The Balaban J connectivity index is 2.06. The van der Waals surface area contributed by atoms with Gasteiger partial charge in [-0.25, -0.2) is 4.79 Å². The smallest absolute Gasteiger partial charge is 0.345 e. The molecule has 0 radical (unpaired) electrons. The van der Waals surface area contributed by atoms with E-state index in [9.17, 15) is 4.79 Å². The Kier molecular flexibility index (Phi) is 4.16. The summed E-state index contributed by atoms with van der Waals surface area (Å²) in [7, 11) is 0. The van der Waals surface area contributed by atoms with Gasteiger partial charge in [0.05, 0.1) is 0 Å². The quantitative estimate of drug-likeness (QED) is 0.662. The minimum absolute atomic E-state index is 0.352. The zero-order valence-corrected chi connectivity index (χ0v) is 11.6. The predicted molar refractivity (Wildman–Crippen MR) is 76.7 cm³/mol. The number of hydrogen-bond acceptors (Lipinski definition) is 4. The van der Waals surface area contributed by atoms with E-state index in [0.29, 0.717) is 21.3 Å². The summed E-state index contributed by atoms with van der Waals surface area (Å²) in [6.45, 7) is 0. The van der Waals surface area contributed by atoms with Gasteiger partial charge in [0, 0.05) is 26.2 Å². The van der Waals surface area contributed by atoms with Crippen molar-refractivity contribution in [2.24, 2.45) is 0 Å². The highest BCUT2D eigenvalue weighted by atomic mass is 35.5. The number of hydrogen-bond donors (Lipinski definition) is 2. The van der Waals surface area contributed by atoms with Crippen LogP contribution in [0.3, 0.4) is 0 Å². The van der Waals surface area contributed by atoms with E-state index >= 15 is 0 Å². The molecule has 3 N–H and O–H groups in total. The molecular weight excluding hydrogens is 290 g/mol. The molecule has 2 aromatic rings. The number of aromatic carboxylic acids is 1. The van der Waals surface area contributed by atoms with E-state index in [1.54, 1.807) is 30.0 Å². The molecule has 1 heterocycles. The fourth-order valence-electron chi connectivity index (χ4n) is 1.35. The van der Waals surface area contributed by atoms with Crippen molar-refractivity contribution in [2.75, 3.05) is 5.73 Å². The van der Waals surface area contributed by atoms with Gasteiger partial charge in [-0.05, 0) is 30.3 Å². The summed E-state index contributed by atoms with van der Waals surface area (Å²) in [5.41, 5.74) is 6.52. The molecule has 0 aliphatic rings. The van der Waals surface area contributed by atoms with Gasteiger partial charge in [-0.1, -0.05) is 11.6 Å². The van der Waals surface area contributed by atoms with E-state index < -0.39 is 5.97 Å². The molecule has 18 heavy (non-hydrogen) atoms. The minimum Gasteiger partial charge on any atom is -0.477 e. The number of benzene rings is 1. The molecule has 2 rings (SSSR count). The highest BCUT2D eigenvalue weighted by Crippen LogP contribution is 2.32. The van der Waals surface area contributed by atoms with Crippen LogP contribution in [-0.2, 0) is 5.75 Å². The van der Waals surface area contributed by atoms with Gasteiger partial charge in [0.1, 0.15) is 4.88 Å². The van der Waals surface area contributed by atoms with Crippen molar-refractivity contribution < 1.29 is 9.90 Å². The molecule has 1 aromatic carbocycles. The molecule has 0 fully saturated rings. The molecule has 0 aliphatic carbocycles. The van der Waals surface area contributed by atoms with E-state index in [1.165, 1.54) is 11.3 Å². The average Bonchev–Trinajstić information content (AvgIpc) is 2.79. The molecule has 3 nitrogen and oxygen atoms in total. The Morgan fingerprint density at radius 2 is 2.17 bits per heavy atom. The highest BCUT2D eigenvalue weighted by Gasteiger charge is 2.08. The molecule has 0 atom stereocenters. The van der Waals surface area contributed by atoms with Gasteiger partial charge in [-0.15, -0.1) is 23.1 Å².